The van der Waals surface area contributed by atoms with Crippen LogP contribution in [0.15, 0.2) is 72.8 Å². The molecule has 3 rings (SSSR count). The molecule has 0 aromatic heterocycles. The van der Waals surface area contributed by atoms with Gasteiger partial charge in [0.25, 0.3) is 5.91 Å². The minimum Gasteiger partial charge on any atom is -0.493 e. The van der Waals surface area contributed by atoms with Crippen LogP contribution in [0.5, 0.6) is 11.5 Å². The number of hydrogen-bond acceptors (Lipinski definition) is 5. The third-order valence-electron chi connectivity index (χ3n) is 4.66. The molecule has 31 heavy (non-hydrogen) atoms. The van der Waals surface area contributed by atoms with Crippen LogP contribution in [0.4, 0.5) is 5.69 Å². The number of methoxy groups -OCH3 is 1. The smallest absolute Gasteiger partial charge is 0.345 e. The lowest BCUT2D eigenvalue weighted by atomic mass is 10.1. The molecule has 160 valence electrons. The number of nitrogens with one attached hydrogen (secondary N) is 1. The van der Waals surface area contributed by atoms with Crippen LogP contribution in [0.2, 0.25) is 0 Å². The second-order valence-electron chi connectivity index (χ2n) is 7.03. The Morgan fingerprint density at radius 1 is 0.903 bits per heavy atom. The van der Waals surface area contributed by atoms with Crippen LogP contribution in [-0.4, -0.2) is 25.6 Å². The molecule has 0 unspecified atom stereocenters. The Morgan fingerprint density at radius 3 is 2.29 bits per heavy atom. The topological polar surface area (TPSA) is 73.9 Å². The second kappa shape index (κ2) is 10.3. The van der Waals surface area contributed by atoms with Crippen molar-refractivity contribution in [3.8, 4) is 11.5 Å². The van der Waals surface area contributed by atoms with Gasteiger partial charge in [-0.25, -0.2) is 4.79 Å². The average Bonchev–Trinajstić information content (AvgIpc) is 2.79. The number of amides is 1. The summed E-state index contributed by atoms with van der Waals surface area (Å²) in [5, 5.41) is 2.87. The number of anilines is 1. The van der Waals surface area contributed by atoms with Crippen LogP contribution in [0.1, 0.15) is 22.8 Å². The first-order valence-corrected chi connectivity index (χ1v) is 9.86. The predicted molar refractivity (Wildman–Crippen MR) is 118 cm³/mol. The first-order chi connectivity index (χ1) is 15.0. The van der Waals surface area contributed by atoms with Crippen LogP contribution in [-0.2, 0) is 14.3 Å². The highest BCUT2D eigenvalue weighted by molar-refractivity contribution is 5.96. The molecule has 0 bridgehead atoms. The van der Waals surface area contributed by atoms with Crippen LogP contribution in [0, 0.1) is 13.8 Å². The third-order valence-corrected chi connectivity index (χ3v) is 4.66. The minimum atomic E-state index is -1.12. The van der Waals surface area contributed by atoms with Gasteiger partial charge in [-0.1, -0.05) is 54.6 Å². The number of carbonyl (C=O) groups excluding carboxylic acids is 2. The maximum atomic E-state index is 13.0. The first kappa shape index (κ1) is 21.9. The van der Waals surface area contributed by atoms with E-state index < -0.39 is 18.0 Å². The summed E-state index contributed by atoms with van der Waals surface area (Å²) in [6.07, 6.45) is -1.12. The van der Waals surface area contributed by atoms with Gasteiger partial charge < -0.3 is 19.5 Å². The molecule has 6 heteroatoms. The van der Waals surface area contributed by atoms with Crippen LogP contribution >= 0.6 is 0 Å². The third kappa shape index (κ3) is 5.85. The lowest BCUT2D eigenvalue weighted by Gasteiger charge is -2.19. The molecule has 0 aliphatic heterocycles. The van der Waals surface area contributed by atoms with Crippen molar-refractivity contribution in [1.82, 2.24) is 0 Å². The Balaban J connectivity index is 1.74. The predicted octanol–water partition coefficient (Wildman–Crippen LogP) is 4.61. The molecular weight excluding hydrogens is 394 g/mol. The van der Waals surface area contributed by atoms with Crippen molar-refractivity contribution in [1.29, 1.82) is 0 Å². The Morgan fingerprint density at radius 2 is 1.58 bits per heavy atom. The Labute approximate surface area is 181 Å². The maximum Gasteiger partial charge on any atom is 0.345 e. The van der Waals surface area contributed by atoms with E-state index in [1.807, 2.05) is 38.1 Å². The molecule has 0 aliphatic carbocycles. The van der Waals surface area contributed by atoms with Gasteiger partial charge in [-0.3, -0.25) is 4.79 Å². The Bertz CT molecular complexity index is 1050. The van der Waals surface area contributed by atoms with Gasteiger partial charge in [0.1, 0.15) is 0 Å². The molecule has 0 saturated carbocycles. The van der Waals surface area contributed by atoms with Crippen molar-refractivity contribution in [3.05, 3.63) is 89.5 Å². The van der Waals surface area contributed by atoms with E-state index in [9.17, 15) is 9.59 Å². The standard InChI is InChI=1S/C25H25NO5/c1-17-13-14-18(2)20(15-17)26-25(28)24(19-9-5-4-6-10-19)31-23(27)16-30-22-12-8-7-11-21(22)29-3/h4-15,24H,16H2,1-3H3,(H,26,28)/t24-/m1/s1. The van der Waals surface area contributed by atoms with Gasteiger partial charge in [-0.15, -0.1) is 0 Å². The number of ether oxygens (including phenoxy) is 3. The number of hydrogen-bond donors (Lipinski definition) is 1. The van der Waals surface area contributed by atoms with Crippen LogP contribution < -0.4 is 14.8 Å². The monoisotopic (exact) mass is 419 g/mol. The van der Waals surface area contributed by atoms with Crippen molar-refractivity contribution in [2.45, 2.75) is 20.0 Å². The van der Waals surface area contributed by atoms with Crippen molar-refractivity contribution in [2.24, 2.45) is 0 Å². The van der Waals surface area contributed by atoms with E-state index in [4.69, 9.17) is 14.2 Å². The fraction of sp³-hybridized carbons (Fsp3) is 0.200. The summed E-state index contributed by atoms with van der Waals surface area (Å²) >= 11 is 0. The molecule has 0 aliphatic rings. The molecule has 1 atom stereocenters. The molecule has 0 radical (unpaired) electrons. The lowest BCUT2D eigenvalue weighted by molar-refractivity contribution is -0.156. The van der Waals surface area contributed by atoms with Crippen molar-refractivity contribution in [3.63, 3.8) is 0 Å². The van der Waals surface area contributed by atoms with Gasteiger partial charge in [0.05, 0.1) is 7.11 Å². The minimum absolute atomic E-state index is 0.361. The second-order valence-corrected chi connectivity index (χ2v) is 7.03. The van der Waals surface area contributed by atoms with Gasteiger partial charge >= 0.3 is 5.97 Å². The number of aryl methyl sites for hydroxylation is 2. The summed E-state index contributed by atoms with van der Waals surface area (Å²) in [6.45, 7) is 3.49. The summed E-state index contributed by atoms with van der Waals surface area (Å²) in [5.41, 5.74) is 3.17. The molecule has 1 N–H and O–H groups in total. The highest BCUT2D eigenvalue weighted by Crippen LogP contribution is 2.26. The fourth-order valence-electron chi connectivity index (χ4n) is 3.01. The van der Waals surface area contributed by atoms with E-state index in [0.717, 1.165) is 11.1 Å². The zero-order chi connectivity index (χ0) is 22.2. The fourth-order valence-corrected chi connectivity index (χ4v) is 3.01. The Kier molecular flexibility index (Phi) is 7.27. The first-order valence-electron chi connectivity index (χ1n) is 9.86. The molecular formula is C25H25NO5. The zero-order valence-electron chi connectivity index (χ0n) is 17.8. The highest BCUT2D eigenvalue weighted by atomic mass is 16.6. The van der Waals surface area contributed by atoms with E-state index in [1.54, 1.807) is 48.5 Å². The van der Waals surface area contributed by atoms with E-state index in [1.165, 1.54) is 7.11 Å². The molecule has 0 heterocycles. The maximum absolute atomic E-state index is 13.0. The summed E-state index contributed by atoms with van der Waals surface area (Å²) in [6, 6.07) is 21.6. The SMILES string of the molecule is COc1ccccc1OCC(=O)O[C@@H](C(=O)Nc1cc(C)ccc1C)c1ccccc1. The molecule has 0 fully saturated rings. The molecule has 6 nitrogen and oxygen atoms in total. The lowest BCUT2D eigenvalue weighted by Crippen LogP contribution is -2.28. The van der Waals surface area contributed by atoms with E-state index in [2.05, 4.69) is 5.32 Å². The van der Waals surface area contributed by atoms with Gasteiger partial charge in [-0.05, 0) is 43.2 Å². The zero-order valence-corrected chi connectivity index (χ0v) is 17.8. The van der Waals surface area contributed by atoms with Gasteiger partial charge in [0.2, 0.25) is 6.10 Å². The van der Waals surface area contributed by atoms with Crippen molar-refractivity contribution >= 4 is 17.6 Å². The number of benzene rings is 3. The number of para-hydroxylation sites is 2. The van der Waals surface area contributed by atoms with Crippen LogP contribution in [0.25, 0.3) is 0 Å². The quantitative estimate of drug-likeness (QED) is 0.540. The summed E-state index contributed by atoms with van der Waals surface area (Å²) in [7, 11) is 1.52. The number of carbonyl (C=O) groups is 2. The number of rotatable bonds is 8. The normalized spacial score (nSPS) is 11.3. The van der Waals surface area contributed by atoms with Gasteiger partial charge in [0.15, 0.2) is 18.1 Å². The van der Waals surface area contributed by atoms with E-state index >= 15 is 0 Å². The Hall–Kier alpha value is -3.80. The molecule has 0 spiro atoms. The average molecular weight is 419 g/mol. The van der Waals surface area contributed by atoms with E-state index in [0.29, 0.717) is 22.7 Å². The highest BCUT2D eigenvalue weighted by Gasteiger charge is 2.26. The van der Waals surface area contributed by atoms with Gasteiger partial charge in [0, 0.05) is 11.3 Å². The van der Waals surface area contributed by atoms with Crippen molar-refractivity contribution < 1.29 is 23.8 Å². The summed E-state index contributed by atoms with van der Waals surface area (Å²) in [5.74, 6) is -0.193. The molecule has 0 saturated heterocycles. The largest absolute Gasteiger partial charge is 0.493 e. The summed E-state index contributed by atoms with van der Waals surface area (Å²) in [4.78, 5) is 25.5. The van der Waals surface area contributed by atoms with Crippen LogP contribution in [0.3, 0.4) is 0 Å². The van der Waals surface area contributed by atoms with E-state index in [-0.39, 0.29) is 6.61 Å². The summed E-state index contributed by atoms with van der Waals surface area (Å²) < 4.78 is 16.3. The molecule has 1 amide bonds. The van der Waals surface area contributed by atoms with Crippen molar-refractivity contribution in [2.75, 3.05) is 19.0 Å². The molecule has 3 aromatic carbocycles. The van der Waals surface area contributed by atoms with Gasteiger partial charge in [-0.2, -0.15) is 0 Å². The number of esters is 1. The molecule has 3 aromatic rings.